The van der Waals surface area contributed by atoms with Crippen molar-refractivity contribution in [2.45, 2.75) is 38.8 Å². The van der Waals surface area contributed by atoms with E-state index in [-0.39, 0.29) is 6.04 Å². The molecule has 0 amide bonds. The fraction of sp³-hybridized carbons (Fsp3) is 0.600. The summed E-state index contributed by atoms with van der Waals surface area (Å²) in [6.45, 7) is 4.10. The molecule has 1 fully saturated rings. The highest BCUT2D eigenvalue weighted by Crippen LogP contribution is 2.23. The minimum atomic E-state index is 0.145. The molecule has 1 aromatic heterocycles. The first-order valence-electron chi connectivity index (χ1n) is 5.17. The van der Waals surface area contributed by atoms with Crippen LogP contribution in [0, 0.1) is 6.92 Å². The highest BCUT2D eigenvalue weighted by atomic mass is 32.1. The number of nitrogens with one attached hydrogen (secondary N) is 1. The number of aromatic nitrogens is 1. The smallest absolute Gasteiger partial charge is 0.189 e. The number of nitrogens with two attached hydrogens (primary N) is 1. The van der Waals surface area contributed by atoms with Gasteiger partial charge in [0, 0.05) is 11.1 Å². The molecule has 0 spiro atoms. The Morgan fingerprint density at radius 2 is 2.47 bits per heavy atom. The van der Waals surface area contributed by atoms with Crippen LogP contribution in [0.1, 0.15) is 35.7 Å². The molecule has 1 unspecified atom stereocenters. The molecule has 15 heavy (non-hydrogen) atoms. The maximum atomic E-state index is 5.78. The first kappa shape index (κ1) is 10.4. The van der Waals surface area contributed by atoms with E-state index in [1.165, 1.54) is 17.7 Å². The number of hydrogen-bond acceptors (Lipinski definition) is 3. The summed E-state index contributed by atoms with van der Waals surface area (Å²) < 4.78 is 0. The van der Waals surface area contributed by atoms with Crippen LogP contribution in [-0.2, 0) is 0 Å². The monoisotopic (exact) mass is 224 g/mol. The van der Waals surface area contributed by atoms with Gasteiger partial charge in [-0.05, 0) is 26.7 Å². The fourth-order valence-electron chi connectivity index (χ4n) is 1.29. The summed E-state index contributed by atoms with van der Waals surface area (Å²) >= 11 is 1.69. The van der Waals surface area contributed by atoms with Crippen molar-refractivity contribution in [3.05, 3.63) is 16.1 Å². The van der Waals surface area contributed by atoms with E-state index in [9.17, 15) is 0 Å². The van der Waals surface area contributed by atoms with Crippen molar-refractivity contribution in [3.63, 3.8) is 0 Å². The third-order valence-corrected chi connectivity index (χ3v) is 3.34. The Balaban J connectivity index is 1.93. The lowest BCUT2D eigenvalue weighted by Gasteiger charge is -2.11. The molecule has 1 heterocycles. The van der Waals surface area contributed by atoms with Crippen LogP contribution < -0.4 is 11.1 Å². The van der Waals surface area contributed by atoms with Gasteiger partial charge in [-0.2, -0.15) is 0 Å². The highest BCUT2D eigenvalue weighted by Gasteiger charge is 2.21. The average Bonchev–Trinajstić information content (AvgIpc) is 2.85. The zero-order valence-electron chi connectivity index (χ0n) is 9.03. The van der Waals surface area contributed by atoms with Crippen LogP contribution in [0.15, 0.2) is 11.2 Å². The summed E-state index contributed by atoms with van der Waals surface area (Å²) in [6, 6.07) is 0.605. The second-order valence-corrected chi connectivity index (χ2v) is 5.19. The fourth-order valence-corrected chi connectivity index (χ4v) is 2.07. The van der Waals surface area contributed by atoms with Crippen LogP contribution in [0.4, 0.5) is 0 Å². The maximum absolute atomic E-state index is 5.78. The molecule has 1 atom stereocenters. The zero-order valence-corrected chi connectivity index (χ0v) is 9.84. The van der Waals surface area contributed by atoms with Gasteiger partial charge in [0.2, 0.25) is 0 Å². The normalized spacial score (nSPS) is 18.9. The number of hydrogen-bond donors (Lipinski definition) is 2. The summed E-state index contributed by atoms with van der Waals surface area (Å²) in [4.78, 5) is 9.85. The van der Waals surface area contributed by atoms with E-state index < -0.39 is 0 Å². The van der Waals surface area contributed by atoms with Gasteiger partial charge in [-0.1, -0.05) is 0 Å². The molecule has 3 N–H and O–H groups in total. The van der Waals surface area contributed by atoms with Crippen molar-refractivity contribution in [1.29, 1.82) is 0 Å². The van der Waals surface area contributed by atoms with E-state index in [0.717, 1.165) is 5.01 Å². The van der Waals surface area contributed by atoms with Crippen molar-refractivity contribution < 1.29 is 0 Å². The van der Waals surface area contributed by atoms with E-state index in [2.05, 4.69) is 22.2 Å². The predicted octanol–water partition coefficient (Wildman–Crippen LogP) is 1.58. The van der Waals surface area contributed by atoms with Crippen LogP contribution in [-0.4, -0.2) is 17.0 Å². The number of aliphatic imine (C=N–C) groups is 1. The first-order chi connectivity index (χ1) is 7.15. The van der Waals surface area contributed by atoms with Gasteiger partial charge in [-0.15, -0.1) is 11.3 Å². The van der Waals surface area contributed by atoms with Crippen molar-refractivity contribution in [1.82, 2.24) is 10.3 Å². The summed E-state index contributed by atoms with van der Waals surface area (Å²) in [7, 11) is 0. The summed E-state index contributed by atoms with van der Waals surface area (Å²) in [6.07, 6.45) is 4.23. The molecule has 1 aliphatic rings. The van der Waals surface area contributed by atoms with Crippen LogP contribution in [0.5, 0.6) is 0 Å². The standard InChI is InChI=1S/C10H16N4S/c1-6-5-12-9(15-6)7(2)13-10(11)14-8-3-4-8/h5,7-8H,3-4H2,1-2H3,(H3,11,13,14). The van der Waals surface area contributed by atoms with Gasteiger partial charge in [0.1, 0.15) is 5.01 Å². The number of rotatable bonds is 3. The van der Waals surface area contributed by atoms with Gasteiger partial charge < -0.3 is 11.1 Å². The molecule has 0 aromatic carbocycles. The quantitative estimate of drug-likeness (QED) is 0.605. The maximum Gasteiger partial charge on any atom is 0.189 e. The van der Waals surface area contributed by atoms with Gasteiger partial charge in [-0.25, -0.2) is 4.98 Å². The second kappa shape index (κ2) is 4.18. The molecule has 0 aliphatic heterocycles. The third kappa shape index (κ3) is 2.92. The lowest BCUT2D eigenvalue weighted by Crippen LogP contribution is -2.34. The SMILES string of the molecule is Cc1cnc(C(C)NC(N)=NC2CC2)s1. The topological polar surface area (TPSA) is 63.3 Å². The van der Waals surface area contributed by atoms with Gasteiger partial charge in [-0.3, -0.25) is 4.99 Å². The van der Waals surface area contributed by atoms with Gasteiger partial charge >= 0.3 is 0 Å². The Labute approximate surface area is 93.6 Å². The molecular formula is C10H16N4S. The van der Waals surface area contributed by atoms with Crippen LogP contribution in [0.25, 0.3) is 0 Å². The van der Waals surface area contributed by atoms with E-state index in [4.69, 9.17) is 5.73 Å². The molecule has 0 saturated heterocycles. The number of aryl methyl sites for hydroxylation is 1. The zero-order chi connectivity index (χ0) is 10.8. The van der Waals surface area contributed by atoms with Crippen molar-refractivity contribution in [2.75, 3.05) is 0 Å². The van der Waals surface area contributed by atoms with E-state index in [1.807, 2.05) is 13.1 Å². The molecule has 0 bridgehead atoms. The molecule has 1 aromatic rings. The summed E-state index contributed by atoms with van der Waals surface area (Å²) in [5.74, 6) is 0.540. The van der Waals surface area contributed by atoms with E-state index in [1.54, 1.807) is 11.3 Å². The molecule has 2 rings (SSSR count). The lowest BCUT2D eigenvalue weighted by atomic mass is 10.4. The lowest BCUT2D eigenvalue weighted by molar-refractivity contribution is 0.701. The van der Waals surface area contributed by atoms with Gasteiger partial charge in [0.05, 0.1) is 12.1 Å². The minimum absolute atomic E-state index is 0.145. The van der Waals surface area contributed by atoms with Crippen LogP contribution in [0.3, 0.4) is 0 Å². The molecule has 1 saturated carbocycles. The van der Waals surface area contributed by atoms with Gasteiger partial charge in [0.25, 0.3) is 0 Å². The van der Waals surface area contributed by atoms with E-state index >= 15 is 0 Å². The largest absolute Gasteiger partial charge is 0.370 e. The third-order valence-electron chi connectivity index (χ3n) is 2.24. The van der Waals surface area contributed by atoms with Crippen LogP contribution in [0.2, 0.25) is 0 Å². The molecule has 82 valence electrons. The van der Waals surface area contributed by atoms with Crippen LogP contribution >= 0.6 is 11.3 Å². The number of guanidine groups is 1. The highest BCUT2D eigenvalue weighted by molar-refractivity contribution is 7.11. The average molecular weight is 224 g/mol. The first-order valence-corrected chi connectivity index (χ1v) is 5.99. The Morgan fingerprint density at radius 3 is 3.00 bits per heavy atom. The number of nitrogens with zero attached hydrogens (tertiary/aromatic N) is 2. The Kier molecular flexibility index (Phi) is 2.90. The Bertz CT molecular complexity index is 367. The molecule has 0 radical (unpaired) electrons. The van der Waals surface area contributed by atoms with Crippen molar-refractivity contribution in [2.24, 2.45) is 10.7 Å². The number of thiazole rings is 1. The minimum Gasteiger partial charge on any atom is -0.370 e. The summed E-state index contributed by atoms with van der Waals surface area (Å²) in [5, 5.41) is 4.21. The molecule has 5 heteroatoms. The van der Waals surface area contributed by atoms with Crippen molar-refractivity contribution in [3.8, 4) is 0 Å². The van der Waals surface area contributed by atoms with E-state index in [0.29, 0.717) is 12.0 Å². The Morgan fingerprint density at radius 1 is 1.73 bits per heavy atom. The molecule has 4 nitrogen and oxygen atoms in total. The van der Waals surface area contributed by atoms with Gasteiger partial charge in [0.15, 0.2) is 5.96 Å². The predicted molar refractivity (Wildman–Crippen MR) is 63.0 cm³/mol. The second-order valence-electron chi connectivity index (χ2n) is 3.92. The molecule has 1 aliphatic carbocycles. The summed E-state index contributed by atoms with van der Waals surface area (Å²) in [5.41, 5.74) is 5.78. The van der Waals surface area contributed by atoms with Crippen molar-refractivity contribution >= 4 is 17.3 Å². The Hall–Kier alpha value is -1.10. The molecular weight excluding hydrogens is 208 g/mol.